The van der Waals surface area contributed by atoms with Crippen LogP contribution in [0.2, 0.25) is 0 Å². The Morgan fingerprint density at radius 1 is 1.14 bits per heavy atom. The highest BCUT2D eigenvalue weighted by Crippen LogP contribution is 2.17. The van der Waals surface area contributed by atoms with E-state index in [0.29, 0.717) is 17.1 Å². The largest absolute Gasteiger partial charge is 0.497 e. The van der Waals surface area contributed by atoms with Crippen LogP contribution in [0.25, 0.3) is 5.69 Å². The van der Waals surface area contributed by atoms with Crippen LogP contribution in [0.4, 0.5) is 5.69 Å². The molecule has 0 spiro atoms. The Bertz CT molecular complexity index is 781. The van der Waals surface area contributed by atoms with Crippen LogP contribution in [-0.4, -0.2) is 22.6 Å². The second-order valence-corrected chi connectivity index (χ2v) is 4.69. The van der Waals surface area contributed by atoms with Crippen molar-refractivity contribution in [2.75, 3.05) is 12.4 Å². The van der Waals surface area contributed by atoms with Crippen molar-refractivity contribution in [2.24, 2.45) is 0 Å². The highest BCUT2D eigenvalue weighted by atomic mass is 16.5. The summed E-state index contributed by atoms with van der Waals surface area (Å²) < 4.78 is 6.94. The molecule has 0 aliphatic heterocycles. The third-order valence-electron chi connectivity index (χ3n) is 3.20. The van der Waals surface area contributed by atoms with Gasteiger partial charge in [0.25, 0.3) is 5.91 Å². The van der Waals surface area contributed by atoms with E-state index >= 15 is 0 Å². The van der Waals surface area contributed by atoms with Crippen LogP contribution in [0.15, 0.2) is 67.1 Å². The molecule has 0 aliphatic carbocycles. The molecule has 1 heterocycles. The number of imidazole rings is 1. The molecule has 22 heavy (non-hydrogen) atoms. The van der Waals surface area contributed by atoms with E-state index in [-0.39, 0.29) is 5.91 Å². The zero-order chi connectivity index (χ0) is 15.4. The lowest BCUT2D eigenvalue weighted by Crippen LogP contribution is -2.12. The van der Waals surface area contributed by atoms with E-state index in [4.69, 9.17) is 4.74 Å². The van der Waals surface area contributed by atoms with Gasteiger partial charge in [0.05, 0.1) is 7.11 Å². The van der Waals surface area contributed by atoms with Gasteiger partial charge in [-0.2, -0.15) is 0 Å². The van der Waals surface area contributed by atoms with Gasteiger partial charge in [0, 0.05) is 23.6 Å². The molecule has 0 bridgehead atoms. The van der Waals surface area contributed by atoms with E-state index in [9.17, 15) is 4.79 Å². The molecule has 1 N–H and O–H groups in total. The molecule has 1 amide bonds. The number of carbonyl (C=O) groups excluding carboxylic acids is 1. The molecule has 5 heteroatoms. The van der Waals surface area contributed by atoms with Gasteiger partial charge in [0.1, 0.15) is 17.8 Å². The van der Waals surface area contributed by atoms with Crippen molar-refractivity contribution in [1.82, 2.24) is 9.55 Å². The third-order valence-corrected chi connectivity index (χ3v) is 3.20. The zero-order valence-electron chi connectivity index (χ0n) is 12.1. The Kier molecular flexibility index (Phi) is 3.87. The highest BCUT2D eigenvalue weighted by molar-refractivity contribution is 6.02. The molecular weight excluding hydrogens is 278 g/mol. The van der Waals surface area contributed by atoms with Crippen LogP contribution < -0.4 is 10.1 Å². The number of amides is 1. The van der Waals surface area contributed by atoms with Crippen molar-refractivity contribution in [1.29, 1.82) is 0 Å². The molecule has 0 aliphatic rings. The van der Waals surface area contributed by atoms with Crippen molar-refractivity contribution in [3.05, 3.63) is 72.8 Å². The fourth-order valence-electron chi connectivity index (χ4n) is 2.08. The predicted octanol–water partition coefficient (Wildman–Crippen LogP) is 3.13. The molecule has 3 rings (SSSR count). The summed E-state index contributed by atoms with van der Waals surface area (Å²) in [7, 11) is 1.59. The Morgan fingerprint density at radius 3 is 2.73 bits per heavy atom. The van der Waals surface area contributed by atoms with Crippen molar-refractivity contribution < 1.29 is 9.53 Å². The Hall–Kier alpha value is -3.08. The quantitative estimate of drug-likeness (QED) is 0.804. The second-order valence-electron chi connectivity index (χ2n) is 4.69. The van der Waals surface area contributed by atoms with Crippen LogP contribution in [-0.2, 0) is 0 Å². The summed E-state index contributed by atoms with van der Waals surface area (Å²) in [5.41, 5.74) is 1.97. The number of hydrogen-bond acceptors (Lipinski definition) is 3. The van der Waals surface area contributed by atoms with Crippen molar-refractivity contribution >= 4 is 11.6 Å². The maximum atomic E-state index is 12.2. The first kappa shape index (κ1) is 13.9. The number of benzene rings is 2. The van der Waals surface area contributed by atoms with Crippen LogP contribution in [0.3, 0.4) is 0 Å². The van der Waals surface area contributed by atoms with E-state index in [1.54, 1.807) is 36.3 Å². The second kappa shape index (κ2) is 6.13. The summed E-state index contributed by atoms with van der Waals surface area (Å²) >= 11 is 0. The van der Waals surface area contributed by atoms with E-state index in [0.717, 1.165) is 5.69 Å². The molecule has 0 saturated heterocycles. The first-order valence-electron chi connectivity index (χ1n) is 6.81. The zero-order valence-corrected chi connectivity index (χ0v) is 12.1. The number of aromatic nitrogens is 2. The van der Waals surface area contributed by atoms with Gasteiger partial charge in [-0.3, -0.25) is 4.79 Å². The molecule has 1 aromatic heterocycles. The molecule has 2 aromatic carbocycles. The van der Waals surface area contributed by atoms with E-state index < -0.39 is 0 Å². The number of rotatable bonds is 4. The van der Waals surface area contributed by atoms with Crippen molar-refractivity contribution in [3.63, 3.8) is 0 Å². The van der Waals surface area contributed by atoms with Gasteiger partial charge in [0.15, 0.2) is 0 Å². The molecule has 0 fully saturated rings. The predicted molar refractivity (Wildman–Crippen MR) is 84.5 cm³/mol. The summed E-state index contributed by atoms with van der Waals surface area (Å²) in [6, 6.07) is 16.9. The number of para-hydroxylation sites is 1. The number of hydrogen-bond donors (Lipinski definition) is 1. The maximum absolute atomic E-state index is 12.2. The molecule has 0 atom stereocenters. The summed E-state index contributed by atoms with van der Waals surface area (Å²) in [4.78, 5) is 16.4. The SMILES string of the molecule is COc1cccc(NC(=O)c2cn(-c3ccccc3)cn2)c1. The molecule has 3 aromatic rings. The minimum atomic E-state index is -0.261. The first-order valence-corrected chi connectivity index (χ1v) is 6.81. The molecule has 5 nitrogen and oxygen atoms in total. The number of nitrogens with one attached hydrogen (secondary N) is 1. The van der Waals surface area contributed by atoms with E-state index in [1.165, 1.54) is 0 Å². The molecule has 0 unspecified atom stereocenters. The van der Waals surface area contributed by atoms with Crippen LogP contribution >= 0.6 is 0 Å². The van der Waals surface area contributed by atoms with E-state index in [2.05, 4.69) is 10.3 Å². The Labute approximate surface area is 128 Å². The van der Waals surface area contributed by atoms with Gasteiger partial charge in [-0.25, -0.2) is 4.98 Å². The van der Waals surface area contributed by atoms with Crippen LogP contribution in [0.5, 0.6) is 5.75 Å². The number of nitrogens with zero attached hydrogens (tertiary/aromatic N) is 2. The Morgan fingerprint density at radius 2 is 1.95 bits per heavy atom. The summed E-state index contributed by atoms with van der Waals surface area (Å²) in [5, 5.41) is 2.80. The Balaban J connectivity index is 1.77. The molecule has 0 saturated carbocycles. The molecule has 110 valence electrons. The standard InChI is InChI=1S/C17H15N3O2/c1-22-15-9-5-6-13(10-15)19-17(21)16-11-20(12-18-16)14-7-3-2-4-8-14/h2-12H,1H3,(H,19,21). The van der Waals surface area contributed by atoms with Crippen molar-refractivity contribution in [2.45, 2.75) is 0 Å². The van der Waals surface area contributed by atoms with Gasteiger partial charge in [-0.15, -0.1) is 0 Å². The van der Waals surface area contributed by atoms with Crippen LogP contribution in [0, 0.1) is 0 Å². The number of ether oxygens (including phenoxy) is 1. The van der Waals surface area contributed by atoms with Gasteiger partial charge in [-0.1, -0.05) is 24.3 Å². The average molecular weight is 293 g/mol. The lowest BCUT2D eigenvalue weighted by molar-refractivity contribution is 0.102. The lowest BCUT2D eigenvalue weighted by Gasteiger charge is -2.05. The monoisotopic (exact) mass is 293 g/mol. The maximum Gasteiger partial charge on any atom is 0.275 e. The smallest absolute Gasteiger partial charge is 0.275 e. The fraction of sp³-hybridized carbons (Fsp3) is 0.0588. The van der Waals surface area contributed by atoms with Crippen LogP contribution in [0.1, 0.15) is 10.5 Å². The van der Waals surface area contributed by atoms with Gasteiger partial charge < -0.3 is 14.6 Å². The summed E-state index contributed by atoms with van der Waals surface area (Å²) in [6.07, 6.45) is 3.32. The third kappa shape index (κ3) is 2.98. The summed E-state index contributed by atoms with van der Waals surface area (Å²) in [6.45, 7) is 0. The highest BCUT2D eigenvalue weighted by Gasteiger charge is 2.10. The van der Waals surface area contributed by atoms with Gasteiger partial charge >= 0.3 is 0 Å². The fourth-order valence-corrected chi connectivity index (χ4v) is 2.08. The average Bonchev–Trinajstić information content (AvgIpc) is 3.06. The first-order chi connectivity index (χ1) is 10.8. The lowest BCUT2D eigenvalue weighted by atomic mass is 10.3. The van der Waals surface area contributed by atoms with Gasteiger partial charge in [0.2, 0.25) is 0 Å². The van der Waals surface area contributed by atoms with Crippen molar-refractivity contribution in [3.8, 4) is 11.4 Å². The number of carbonyl (C=O) groups is 1. The summed E-state index contributed by atoms with van der Waals surface area (Å²) in [5.74, 6) is 0.426. The minimum Gasteiger partial charge on any atom is -0.497 e. The van der Waals surface area contributed by atoms with E-state index in [1.807, 2.05) is 42.5 Å². The number of anilines is 1. The van der Waals surface area contributed by atoms with Gasteiger partial charge in [-0.05, 0) is 24.3 Å². The minimum absolute atomic E-state index is 0.261. The normalized spacial score (nSPS) is 10.2. The molecule has 0 radical (unpaired) electrons. The number of methoxy groups -OCH3 is 1. The molecular formula is C17H15N3O2. The topological polar surface area (TPSA) is 56.1 Å².